The summed E-state index contributed by atoms with van der Waals surface area (Å²) < 4.78 is 13.7. The van der Waals surface area contributed by atoms with Gasteiger partial charge >= 0.3 is 11.8 Å². The number of hydrogen-bond donors (Lipinski definition) is 1. The van der Waals surface area contributed by atoms with E-state index in [1.54, 1.807) is 6.07 Å². The Labute approximate surface area is 117 Å². The van der Waals surface area contributed by atoms with Gasteiger partial charge in [0.2, 0.25) is 0 Å². The van der Waals surface area contributed by atoms with Gasteiger partial charge in [0.1, 0.15) is 5.82 Å². The van der Waals surface area contributed by atoms with Crippen LogP contribution >= 0.6 is 0 Å². The number of nitrogen functional groups attached to an aromatic ring is 1. The lowest BCUT2D eigenvalue weighted by Gasteiger charge is -2.36. The van der Waals surface area contributed by atoms with Crippen molar-refractivity contribution < 1.29 is 14.0 Å². The predicted octanol–water partition coefficient (Wildman–Crippen LogP) is 0.987. The molecule has 0 saturated carbocycles. The lowest BCUT2D eigenvalue weighted by molar-refractivity contribution is -0.157. The van der Waals surface area contributed by atoms with Gasteiger partial charge in [0, 0.05) is 36.9 Å². The Balaban J connectivity index is 2.11. The molecule has 1 aromatic rings. The van der Waals surface area contributed by atoms with Crippen molar-refractivity contribution in [2.75, 3.05) is 18.8 Å². The molecule has 2 rings (SSSR count). The van der Waals surface area contributed by atoms with Crippen LogP contribution < -0.4 is 5.73 Å². The number of nitrogens with two attached hydrogens (primary N) is 1. The minimum Gasteiger partial charge on any atom is -0.399 e. The van der Waals surface area contributed by atoms with Gasteiger partial charge in [0.05, 0.1) is 0 Å². The maximum atomic E-state index is 13.7. The highest BCUT2D eigenvalue weighted by Crippen LogP contribution is 2.17. The summed E-state index contributed by atoms with van der Waals surface area (Å²) in [5.74, 6) is -1.57. The van der Waals surface area contributed by atoms with Gasteiger partial charge in [-0.2, -0.15) is 0 Å². The Hall–Kier alpha value is -2.11. The van der Waals surface area contributed by atoms with Gasteiger partial charge < -0.3 is 15.5 Å². The van der Waals surface area contributed by atoms with Crippen LogP contribution in [0.5, 0.6) is 0 Å². The Bertz CT molecular complexity index is 545. The maximum absolute atomic E-state index is 13.7. The summed E-state index contributed by atoms with van der Waals surface area (Å²) in [5.41, 5.74) is 6.17. The quantitative estimate of drug-likeness (QED) is 0.662. The molecular formula is C14H18FN3O2. The van der Waals surface area contributed by atoms with E-state index in [4.69, 9.17) is 5.73 Å². The van der Waals surface area contributed by atoms with Crippen LogP contribution in [0.15, 0.2) is 18.2 Å². The standard InChI is InChI=1S/C14H18FN3O2/c1-9(2)18-6-5-17(13(19)14(18)20)8-10-3-4-11(16)7-12(10)15/h3-4,7,9H,5-6,8,16H2,1-2H3. The van der Waals surface area contributed by atoms with Crippen molar-refractivity contribution in [1.82, 2.24) is 9.80 Å². The summed E-state index contributed by atoms with van der Waals surface area (Å²) in [6.07, 6.45) is 0. The van der Waals surface area contributed by atoms with Gasteiger partial charge in [-0.25, -0.2) is 4.39 Å². The molecular weight excluding hydrogens is 261 g/mol. The highest BCUT2D eigenvalue weighted by Gasteiger charge is 2.33. The lowest BCUT2D eigenvalue weighted by atomic mass is 10.1. The van der Waals surface area contributed by atoms with Crippen molar-refractivity contribution in [2.45, 2.75) is 26.4 Å². The van der Waals surface area contributed by atoms with Gasteiger partial charge in [0.25, 0.3) is 0 Å². The first-order chi connectivity index (χ1) is 9.40. The van der Waals surface area contributed by atoms with Gasteiger partial charge in [-0.3, -0.25) is 9.59 Å². The van der Waals surface area contributed by atoms with E-state index in [2.05, 4.69) is 0 Å². The molecule has 1 fully saturated rings. The van der Waals surface area contributed by atoms with E-state index < -0.39 is 17.6 Å². The summed E-state index contributed by atoms with van der Waals surface area (Å²) in [5, 5.41) is 0. The Morgan fingerprint density at radius 1 is 1.25 bits per heavy atom. The second-order valence-corrected chi connectivity index (χ2v) is 5.17. The fraction of sp³-hybridized carbons (Fsp3) is 0.429. The summed E-state index contributed by atoms with van der Waals surface area (Å²) in [6, 6.07) is 4.32. The summed E-state index contributed by atoms with van der Waals surface area (Å²) in [4.78, 5) is 26.8. The average molecular weight is 279 g/mol. The molecule has 1 saturated heterocycles. The summed E-state index contributed by atoms with van der Waals surface area (Å²) in [7, 11) is 0. The number of carbonyl (C=O) groups is 2. The molecule has 0 bridgehead atoms. The lowest BCUT2D eigenvalue weighted by Crippen LogP contribution is -2.55. The second kappa shape index (κ2) is 5.48. The minimum atomic E-state index is -0.582. The van der Waals surface area contributed by atoms with Gasteiger partial charge in [-0.15, -0.1) is 0 Å². The van der Waals surface area contributed by atoms with Gasteiger partial charge in [-0.05, 0) is 26.0 Å². The van der Waals surface area contributed by atoms with Crippen molar-refractivity contribution >= 4 is 17.5 Å². The molecule has 0 aliphatic carbocycles. The topological polar surface area (TPSA) is 66.6 Å². The molecule has 1 aromatic carbocycles. The van der Waals surface area contributed by atoms with Crippen LogP contribution in [0.25, 0.3) is 0 Å². The Morgan fingerprint density at radius 2 is 1.95 bits per heavy atom. The van der Waals surface area contributed by atoms with Crippen molar-refractivity contribution in [3.05, 3.63) is 29.6 Å². The zero-order chi connectivity index (χ0) is 14.9. The van der Waals surface area contributed by atoms with Crippen LogP contribution in [0.1, 0.15) is 19.4 Å². The first-order valence-electron chi connectivity index (χ1n) is 6.54. The van der Waals surface area contributed by atoms with E-state index in [0.29, 0.717) is 24.3 Å². The van der Waals surface area contributed by atoms with Crippen LogP contribution in [0, 0.1) is 5.82 Å². The molecule has 2 N–H and O–H groups in total. The number of piperazine rings is 1. The molecule has 5 nitrogen and oxygen atoms in total. The predicted molar refractivity (Wildman–Crippen MR) is 73.1 cm³/mol. The van der Waals surface area contributed by atoms with E-state index in [1.165, 1.54) is 21.9 Å². The SMILES string of the molecule is CC(C)N1CCN(Cc2ccc(N)cc2F)C(=O)C1=O. The van der Waals surface area contributed by atoms with Crippen LogP contribution in [0.3, 0.4) is 0 Å². The highest BCUT2D eigenvalue weighted by atomic mass is 19.1. The molecule has 0 radical (unpaired) electrons. The molecule has 108 valence electrons. The minimum absolute atomic E-state index is 0.0122. The average Bonchev–Trinajstić information content (AvgIpc) is 2.37. The van der Waals surface area contributed by atoms with Gasteiger partial charge in [-0.1, -0.05) is 6.07 Å². The zero-order valence-corrected chi connectivity index (χ0v) is 11.6. The van der Waals surface area contributed by atoms with Crippen LogP contribution in [-0.2, 0) is 16.1 Å². The van der Waals surface area contributed by atoms with E-state index in [9.17, 15) is 14.0 Å². The van der Waals surface area contributed by atoms with Crippen molar-refractivity contribution in [1.29, 1.82) is 0 Å². The third-order valence-corrected chi connectivity index (χ3v) is 3.40. The number of carbonyl (C=O) groups excluding carboxylic acids is 2. The molecule has 0 atom stereocenters. The second-order valence-electron chi connectivity index (χ2n) is 5.17. The molecule has 1 aliphatic heterocycles. The van der Waals surface area contributed by atoms with Crippen molar-refractivity contribution in [2.24, 2.45) is 0 Å². The highest BCUT2D eigenvalue weighted by molar-refractivity contribution is 6.35. The van der Waals surface area contributed by atoms with E-state index >= 15 is 0 Å². The fourth-order valence-electron chi connectivity index (χ4n) is 2.23. The summed E-state index contributed by atoms with van der Waals surface area (Å²) >= 11 is 0. The third kappa shape index (κ3) is 2.74. The van der Waals surface area contributed by atoms with Crippen molar-refractivity contribution in [3.63, 3.8) is 0 Å². The zero-order valence-electron chi connectivity index (χ0n) is 11.6. The Kier molecular flexibility index (Phi) is 3.92. The molecule has 6 heteroatoms. The van der Waals surface area contributed by atoms with Crippen LogP contribution in [0.2, 0.25) is 0 Å². The number of anilines is 1. The smallest absolute Gasteiger partial charge is 0.312 e. The molecule has 20 heavy (non-hydrogen) atoms. The van der Waals surface area contributed by atoms with Crippen molar-refractivity contribution in [3.8, 4) is 0 Å². The van der Waals surface area contributed by atoms with Crippen LogP contribution in [-0.4, -0.2) is 40.7 Å². The molecule has 2 amide bonds. The molecule has 0 aromatic heterocycles. The van der Waals surface area contributed by atoms with E-state index in [-0.39, 0.29) is 12.6 Å². The first kappa shape index (κ1) is 14.3. The van der Waals surface area contributed by atoms with Gasteiger partial charge in [0.15, 0.2) is 0 Å². The van der Waals surface area contributed by atoms with E-state index in [1.807, 2.05) is 13.8 Å². The molecule has 0 unspecified atom stereocenters. The summed E-state index contributed by atoms with van der Waals surface area (Å²) in [6.45, 7) is 4.69. The first-order valence-corrected chi connectivity index (χ1v) is 6.54. The number of rotatable bonds is 3. The maximum Gasteiger partial charge on any atom is 0.312 e. The Morgan fingerprint density at radius 3 is 2.55 bits per heavy atom. The number of nitrogens with zero attached hydrogens (tertiary/aromatic N) is 2. The largest absolute Gasteiger partial charge is 0.399 e. The number of amides is 2. The molecule has 1 aliphatic rings. The molecule has 1 heterocycles. The third-order valence-electron chi connectivity index (χ3n) is 3.40. The number of benzene rings is 1. The van der Waals surface area contributed by atoms with E-state index in [0.717, 1.165) is 0 Å². The monoisotopic (exact) mass is 279 g/mol. The molecule has 0 spiro atoms. The van der Waals surface area contributed by atoms with Crippen LogP contribution in [0.4, 0.5) is 10.1 Å². The number of halogens is 1. The number of hydrogen-bond acceptors (Lipinski definition) is 3. The normalized spacial score (nSPS) is 16.2. The fourth-order valence-corrected chi connectivity index (χ4v) is 2.23.